The highest BCUT2D eigenvalue weighted by molar-refractivity contribution is 7.17. The van der Waals surface area contributed by atoms with Crippen LogP contribution in [0.5, 0.6) is 5.75 Å². The highest BCUT2D eigenvalue weighted by atomic mass is 32.1. The Balaban J connectivity index is 1.56. The molecule has 1 N–H and O–H groups in total. The van der Waals surface area contributed by atoms with Crippen LogP contribution in [0.15, 0.2) is 41.8 Å². The molecule has 6 nitrogen and oxygen atoms in total. The number of benzene rings is 1. The van der Waals surface area contributed by atoms with E-state index >= 15 is 0 Å². The van der Waals surface area contributed by atoms with Crippen LogP contribution in [-0.4, -0.2) is 40.0 Å². The molecule has 1 atom stereocenters. The molecule has 1 aliphatic carbocycles. The summed E-state index contributed by atoms with van der Waals surface area (Å²) in [6.45, 7) is 2.64. The summed E-state index contributed by atoms with van der Waals surface area (Å²) in [7, 11) is 1.63. The van der Waals surface area contributed by atoms with Crippen LogP contribution in [0.1, 0.15) is 48.7 Å². The van der Waals surface area contributed by atoms with Crippen molar-refractivity contribution in [1.82, 2.24) is 14.8 Å². The van der Waals surface area contributed by atoms with Crippen molar-refractivity contribution >= 4 is 33.4 Å². The van der Waals surface area contributed by atoms with E-state index in [1.165, 1.54) is 0 Å². The molecule has 31 heavy (non-hydrogen) atoms. The molecule has 0 saturated heterocycles. The molecular weight excluding hydrogens is 410 g/mol. The SMILES string of the molecule is COc1ccccc1CN1C(=O)c2cc3sccc3n2CC1(C)C(=O)NC1CCCC1. The number of aromatic nitrogens is 1. The second kappa shape index (κ2) is 7.71. The van der Waals surface area contributed by atoms with E-state index in [0.717, 1.165) is 47.2 Å². The highest BCUT2D eigenvalue weighted by Gasteiger charge is 2.48. The molecular formula is C24H27N3O3S. The molecule has 0 bridgehead atoms. The van der Waals surface area contributed by atoms with Crippen LogP contribution in [-0.2, 0) is 17.9 Å². The van der Waals surface area contributed by atoms with Gasteiger partial charge in [-0.1, -0.05) is 31.0 Å². The Bertz CT molecular complexity index is 1140. The number of carbonyl (C=O) groups is 2. The summed E-state index contributed by atoms with van der Waals surface area (Å²) < 4.78 is 8.61. The van der Waals surface area contributed by atoms with Crippen LogP contribution in [0.4, 0.5) is 0 Å². The maximum Gasteiger partial charge on any atom is 0.271 e. The summed E-state index contributed by atoms with van der Waals surface area (Å²) in [5.41, 5.74) is 1.55. The predicted octanol–water partition coefficient (Wildman–Crippen LogP) is 4.18. The van der Waals surface area contributed by atoms with Gasteiger partial charge in [-0.3, -0.25) is 9.59 Å². The Morgan fingerprint density at radius 3 is 2.81 bits per heavy atom. The van der Waals surface area contributed by atoms with Gasteiger partial charge >= 0.3 is 0 Å². The van der Waals surface area contributed by atoms with E-state index in [9.17, 15) is 9.59 Å². The van der Waals surface area contributed by atoms with Crippen molar-refractivity contribution in [2.75, 3.05) is 7.11 Å². The molecule has 5 rings (SSSR count). The maximum absolute atomic E-state index is 13.7. The van der Waals surface area contributed by atoms with Gasteiger partial charge in [0, 0.05) is 11.6 Å². The van der Waals surface area contributed by atoms with Crippen molar-refractivity contribution in [3.63, 3.8) is 0 Å². The molecule has 1 unspecified atom stereocenters. The second-order valence-corrected chi connectivity index (χ2v) is 9.67. The number of fused-ring (bicyclic) bond motifs is 3. The number of hydrogen-bond acceptors (Lipinski definition) is 4. The summed E-state index contributed by atoms with van der Waals surface area (Å²) >= 11 is 1.62. The van der Waals surface area contributed by atoms with Gasteiger partial charge < -0.3 is 19.5 Å². The average molecular weight is 438 g/mol. The van der Waals surface area contributed by atoms with Crippen molar-refractivity contribution in [3.05, 3.63) is 53.0 Å². The van der Waals surface area contributed by atoms with Gasteiger partial charge in [0.1, 0.15) is 17.0 Å². The zero-order valence-corrected chi connectivity index (χ0v) is 18.7. The van der Waals surface area contributed by atoms with Crippen LogP contribution in [0, 0.1) is 0 Å². The third-order valence-electron chi connectivity index (χ3n) is 6.75. The summed E-state index contributed by atoms with van der Waals surface area (Å²) in [5, 5.41) is 5.27. The monoisotopic (exact) mass is 437 g/mol. The number of amides is 2. The summed E-state index contributed by atoms with van der Waals surface area (Å²) in [6.07, 6.45) is 4.29. The van der Waals surface area contributed by atoms with Gasteiger partial charge in [-0.2, -0.15) is 0 Å². The predicted molar refractivity (Wildman–Crippen MR) is 121 cm³/mol. The van der Waals surface area contributed by atoms with Crippen molar-refractivity contribution < 1.29 is 14.3 Å². The van der Waals surface area contributed by atoms with Gasteiger partial charge in [0.05, 0.1) is 30.4 Å². The van der Waals surface area contributed by atoms with E-state index in [4.69, 9.17) is 4.74 Å². The zero-order chi connectivity index (χ0) is 21.6. The third-order valence-corrected chi connectivity index (χ3v) is 7.60. The number of ether oxygens (including phenoxy) is 1. The Kier molecular flexibility index (Phi) is 5.01. The quantitative estimate of drug-likeness (QED) is 0.651. The van der Waals surface area contributed by atoms with Crippen LogP contribution < -0.4 is 10.1 Å². The fourth-order valence-corrected chi connectivity index (χ4v) is 5.76. The molecule has 2 aromatic heterocycles. The first-order chi connectivity index (χ1) is 15.0. The van der Waals surface area contributed by atoms with E-state index in [1.54, 1.807) is 23.3 Å². The van der Waals surface area contributed by atoms with E-state index < -0.39 is 5.54 Å². The summed E-state index contributed by atoms with van der Waals surface area (Å²) in [5.74, 6) is 0.519. The lowest BCUT2D eigenvalue weighted by Gasteiger charge is -2.44. The Labute approximate surface area is 185 Å². The van der Waals surface area contributed by atoms with E-state index in [-0.39, 0.29) is 17.9 Å². The minimum absolute atomic E-state index is 0.0784. The maximum atomic E-state index is 13.7. The van der Waals surface area contributed by atoms with Crippen molar-refractivity contribution in [3.8, 4) is 5.75 Å². The molecule has 3 heterocycles. The minimum Gasteiger partial charge on any atom is -0.496 e. The van der Waals surface area contributed by atoms with Gasteiger partial charge in [-0.15, -0.1) is 11.3 Å². The zero-order valence-electron chi connectivity index (χ0n) is 17.9. The van der Waals surface area contributed by atoms with Gasteiger partial charge in [-0.05, 0) is 43.3 Å². The van der Waals surface area contributed by atoms with Crippen LogP contribution >= 0.6 is 11.3 Å². The molecule has 1 fully saturated rings. The van der Waals surface area contributed by atoms with Crippen molar-refractivity contribution in [2.45, 2.75) is 57.3 Å². The van der Waals surface area contributed by atoms with Gasteiger partial charge in [-0.25, -0.2) is 0 Å². The molecule has 162 valence electrons. The van der Waals surface area contributed by atoms with E-state index in [2.05, 4.69) is 5.32 Å². The lowest BCUT2D eigenvalue weighted by molar-refractivity contribution is -0.133. The van der Waals surface area contributed by atoms with Crippen LogP contribution in [0.25, 0.3) is 10.2 Å². The Morgan fingerprint density at radius 2 is 2.03 bits per heavy atom. The smallest absolute Gasteiger partial charge is 0.271 e. The average Bonchev–Trinajstić information content (AvgIpc) is 3.50. The fraction of sp³-hybridized carbons (Fsp3) is 0.417. The standard InChI is InChI=1S/C24H27N3O3S/c1-24(23(29)25-17-8-4-5-9-17)15-26-18-11-12-31-21(18)13-19(26)22(28)27(24)14-16-7-3-6-10-20(16)30-2/h3,6-7,10-13,17H,4-5,8-9,14-15H2,1-2H3,(H,25,29). The molecule has 1 saturated carbocycles. The second-order valence-electron chi connectivity index (χ2n) is 8.72. The molecule has 3 aromatic rings. The lowest BCUT2D eigenvalue weighted by Crippen LogP contribution is -2.64. The highest BCUT2D eigenvalue weighted by Crippen LogP contribution is 2.36. The van der Waals surface area contributed by atoms with Gasteiger partial charge in [0.15, 0.2) is 0 Å². The minimum atomic E-state index is -0.999. The molecule has 0 spiro atoms. The Morgan fingerprint density at radius 1 is 1.26 bits per heavy atom. The number of hydrogen-bond donors (Lipinski definition) is 1. The van der Waals surface area contributed by atoms with E-state index in [0.29, 0.717) is 18.8 Å². The van der Waals surface area contributed by atoms with Crippen molar-refractivity contribution in [1.29, 1.82) is 0 Å². The van der Waals surface area contributed by atoms with Crippen LogP contribution in [0.3, 0.4) is 0 Å². The lowest BCUT2D eigenvalue weighted by atomic mass is 9.93. The number of nitrogens with one attached hydrogen (secondary N) is 1. The first-order valence-corrected chi connectivity index (χ1v) is 11.7. The molecule has 2 amide bonds. The van der Waals surface area contributed by atoms with Gasteiger partial charge in [0.2, 0.25) is 5.91 Å². The number of rotatable bonds is 5. The number of para-hydroxylation sites is 1. The van der Waals surface area contributed by atoms with Gasteiger partial charge in [0.25, 0.3) is 5.91 Å². The normalized spacial score (nSPS) is 21.5. The number of carbonyl (C=O) groups excluding carboxylic acids is 2. The molecule has 7 heteroatoms. The topological polar surface area (TPSA) is 63.6 Å². The first kappa shape index (κ1) is 20.1. The molecule has 1 aliphatic heterocycles. The van der Waals surface area contributed by atoms with Crippen LogP contribution in [0.2, 0.25) is 0 Å². The summed E-state index contributed by atoms with van der Waals surface area (Å²) in [4.78, 5) is 29.1. The number of nitrogens with zero attached hydrogens (tertiary/aromatic N) is 2. The molecule has 1 aromatic carbocycles. The number of methoxy groups -OCH3 is 1. The first-order valence-electron chi connectivity index (χ1n) is 10.8. The summed E-state index contributed by atoms with van der Waals surface area (Å²) in [6, 6.07) is 11.9. The van der Waals surface area contributed by atoms with Crippen molar-refractivity contribution in [2.24, 2.45) is 0 Å². The third kappa shape index (κ3) is 3.31. The molecule has 2 aliphatic rings. The molecule has 0 radical (unpaired) electrons. The largest absolute Gasteiger partial charge is 0.496 e. The fourth-order valence-electron chi connectivity index (χ4n) is 4.94. The van der Waals surface area contributed by atoms with E-state index in [1.807, 2.05) is 53.3 Å². The Hall–Kier alpha value is -2.80. The number of thiophene rings is 1.